The van der Waals surface area contributed by atoms with Gasteiger partial charge < -0.3 is 10.2 Å². The van der Waals surface area contributed by atoms with E-state index in [2.05, 4.69) is 55.3 Å². The van der Waals surface area contributed by atoms with Crippen molar-refractivity contribution in [1.82, 2.24) is 5.32 Å². The summed E-state index contributed by atoms with van der Waals surface area (Å²) in [6.07, 6.45) is 2.39. The zero-order valence-electron chi connectivity index (χ0n) is 15.6. The molecule has 1 aliphatic rings. The summed E-state index contributed by atoms with van der Waals surface area (Å²) < 4.78 is 14.4. The van der Waals surface area contributed by atoms with Crippen LogP contribution in [0.25, 0.3) is 0 Å². The molecular weight excluding hydrogens is 311 g/mol. The Kier molecular flexibility index (Phi) is 5.74. The van der Waals surface area contributed by atoms with Gasteiger partial charge in [0.25, 0.3) is 0 Å². The van der Waals surface area contributed by atoms with E-state index in [1.54, 1.807) is 6.07 Å². The van der Waals surface area contributed by atoms with Gasteiger partial charge in [-0.1, -0.05) is 44.2 Å². The van der Waals surface area contributed by atoms with E-state index in [0.29, 0.717) is 12.5 Å². The lowest BCUT2D eigenvalue weighted by Crippen LogP contribution is -2.24. The van der Waals surface area contributed by atoms with Crippen molar-refractivity contribution in [3.05, 3.63) is 65.0 Å². The van der Waals surface area contributed by atoms with Crippen LogP contribution in [0.4, 0.5) is 10.1 Å². The first-order valence-corrected chi connectivity index (χ1v) is 9.42. The van der Waals surface area contributed by atoms with Gasteiger partial charge in [0, 0.05) is 36.9 Å². The zero-order valence-corrected chi connectivity index (χ0v) is 15.6. The quantitative estimate of drug-likeness (QED) is 0.757. The number of rotatable bonds is 6. The molecule has 2 aromatic carbocycles. The van der Waals surface area contributed by atoms with Gasteiger partial charge in [-0.15, -0.1) is 0 Å². The van der Waals surface area contributed by atoms with Crippen molar-refractivity contribution in [2.24, 2.45) is 0 Å². The van der Waals surface area contributed by atoms with E-state index in [-0.39, 0.29) is 11.9 Å². The number of nitrogens with zero attached hydrogens (tertiary/aromatic N) is 1. The Morgan fingerprint density at radius 3 is 2.24 bits per heavy atom. The first kappa shape index (κ1) is 17.9. The van der Waals surface area contributed by atoms with E-state index >= 15 is 0 Å². The number of hydrogen-bond acceptors (Lipinski definition) is 2. The predicted molar refractivity (Wildman–Crippen MR) is 104 cm³/mol. The minimum absolute atomic E-state index is 0.112. The Labute approximate surface area is 151 Å². The molecule has 134 valence electrons. The molecule has 0 radical (unpaired) electrons. The molecule has 3 heteroatoms. The van der Waals surface area contributed by atoms with Crippen LogP contribution in [-0.2, 0) is 6.54 Å². The third-order valence-electron chi connectivity index (χ3n) is 5.23. The largest absolute Gasteiger partial charge is 0.371 e. The molecule has 0 spiro atoms. The predicted octanol–water partition coefficient (Wildman–Crippen LogP) is 5.40. The van der Waals surface area contributed by atoms with Crippen molar-refractivity contribution in [2.75, 3.05) is 18.0 Å². The molecule has 1 saturated heterocycles. The Morgan fingerprint density at radius 1 is 0.960 bits per heavy atom. The van der Waals surface area contributed by atoms with E-state index in [9.17, 15) is 4.39 Å². The Bertz CT molecular complexity index is 688. The summed E-state index contributed by atoms with van der Waals surface area (Å²) in [4.78, 5) is 2.31. The number of benzene rings is 2. The second kappa shape index (κ2) is 8.01. The lowest BCUT2D eigenvalue weighted by molar-refractivity contribution is 0.543. The minimum Gasteiger partial charge on any atom is -0.371 e. The van der Waals surface area contributed by atoms with Crippen molar-refractivity contribution in [2.45, 2.75) is 52.1 Å². The maximum Gasteiger partial charge on any atom is 0.129 e. The fraction of sp³-hybridized carbons (Fsp3) is 0.455. The Hall–Kier alpha value is -1.87. The molecular formula is C22H29FN2. The summed E-state index contributed by atoms with van der Waals surface area (Å²) in [6.45, 7) is 9.15. The van der Waals surface area contributed by atoms with Crippen LogP contribution in [0, 0.1) is 5.82 Å². The smallest absolute Gasteiger partial charge is 0.129 e. The monoisotopic (exact) mass is 340 g/mol. The van der Waals surface area contributed by atoms with Crippen LogP contribution in [-0.4, -0.2) is 13.1 Å². The molecule has 25 heavy (non-hydrogen) atoms. The fourth-order valence-corrected chi connectivity index (χ4v) is 3.52. The molecule has 1 heterocycles. The van der Waals surface area contributed by atoms with E-state index in [1.165, 1.54) is 24.0 Å². The summed E-state index contributed by atoms with van der Waals surface area (Å²) in [6, 6.07) is 14.4. The van der Waals surface area contributed by atoms with Gasteiger partial charge in [0.1, 0.15) is 5.82 Å². The Balaban J connectivity index is 1.70. The van der Waals surface area contributed by atoms with Crippen LogP contribution >= 0.6 is 0 Å². The average Bonchev–Trinajstić information content (AvgIpc) is 3.14. The molecule has 0 amide bonds. The van der Waals surface area contributed by atoms with Gasteiger partial charge >= 0.3 is 0 Å². The molecule has 3 rings (SSSR count). The summed E-state index contributed by atoms with van der Waals surface area (Å²) in [5, 5.41) is 3.50. The average molecular weight is 340 g/mol. The molecule has 0 aromatic heterocycles. The fourth-order valence-electron chi connectivity index (χ4n) is 3.52. The van der Waals surface area contributed by atoms with Gasteiger partial charge in [-0.3, -0.25) is 0 Å². The van der Waals surface area contributed by atoms with Crippen molar-refractivity contribution < 1.29 is 4.39 Å². The molecule has 2 aromatic rings. The van der Waals surface area contributed by atoms with Gasteiger partial charge in [0.15, 0.2) is 0 Å². The lowest BCUT2D eigenvalue weighted by Gasteiger charge is -2.23. The summed E-state index contributed by atoms with van der Waals surface area (Å²) in [5.41, 5.74) is 4.42. The summed E-state index contributed by atoms with van der Waals surface area (Å²) in [5.74, 6) is 0.429. The molecule has 1 atom stereocenters. The summed E-state index contributed by atoms with van der Waals surface area (Å²) >= 11 is 0. The Morgan fingerprint density at radius 2 is 1.60 bits per heavy atom. The number of anilines is 1. The topological polar surface area (TPSA) is 15.3 Å². The van der Waals surface area contributed by atoms with Crippen molar-refractivity contribution >= 4 is 5.69 Å². The highest BCUT2D eigenvalue weighted by Gasteiger charge is 2.18. The number of halogens is 1. The van der Waals surface area contributed by atoms with Crippen LogP contribution < -0.4 is 10.2 Å². The highest BCUT2D eigenvalue weighted by Crippen LogP contribution is 2.27. The number of nitrogens with one attached hydrogen (secondary N) is 1. The first-order chi connectivity index (χ1) is 12.1. The van der Waals surface area contributed by atoms with Crippen LogP contribution in [0.1, 0.15) is 62.3 Å². The molecule has 0 aliphatic carbocycles. The first-order valence-electron chi connectivity index (χ1n) is 9.42. The van der Waals surface area contributed by atoms with Gasteiger partial charge in [-0.05, 0) is 48.9 Å². The SMILES string of the molecule is CC(C)c1ccc(C(C)NCc2c(F)cccc2N2CCCC2)cc1. The summed E-state index contributed by atoms with van der Waals surface area (Å²) in [7, 11) is 0. The van der Waals surface area contributed by atoms with Gasteiger partial charge in [-0.2, -0.15) is 0 Å². The minimum atomic E-state index is -0.112. The van der Waals surface area contributed by atoms with Crippen LogP contribution in [0.2, 0.25) is 0 Å². The molecule has 1 N–H and O–H groups in total. The van der Waals surface area contributed by atoms with Gasteiger partial charge in [0.05, 0.1) is 0 Å². The van der Waals surface area contributed by atoms with Crippen molar-refractivity contribution in [1.29, 1.82) is 0 Å². The van der Waals surface area contributed by atoms with E-state index in [4.69, 9.17) is 0 Å². The third kappa shape index (κ3) is 4.21. The maximum absolute atomic E-state index is 14.4. The highest BCUT2D eigenvalue weighted by molar-refractivity contribution is 5.55. The molecule has 1 fully saturated rings. The van der Waals surface area contributed by atoms with E-state index in [0.717, 1.165) is 24.3 Å². The highest BCUT2D eigenvalue weighted by atomic mass is 19.1. The van der Waals surface area contributed by atoms with Crippen molar-refractivity contribution in [3.63, 3.8) is 0 Å². The lowest BCUT2D eigenvalue weighted by atomic mass is 9.99. The number of hydrogen-bond donors (Lipinski definition) is 1. The van der Waals surface area contributed by atoms with E-state index in [1.807, 2.05) is 12.1 Å². The molecule has 0 bridgehead atoms. The van der Waals surface area contributed by atoms with Gasteiger partial charge in [0.2, 0.25) is 0 Å². The second-order valence-electron chi connectivity index (χ2n) is 7.36. The van der Waals surface area contributed by atoms with Gasteiger partial charge in [-0.25, -0.2) is 4.39 Å². The molecule has 2 nitrogen and oxygen atoms in total. The standard InChI is InChI=1S/C22H29FN2/c1-16(2)18-9-11-19(12-10-18)17(3)24-15-20-21(23)7-6-8-22(20)25-13-4-5-14-25/h6-12,16-17,24H,4-5,13-15H2,1-3H3. The third-order valence-corrected chi connectivity index (χ3v) is 5.23. The second-order valence-corrected chi connectivity index (χ2v) is 7.36. The van der Waals surface area contributed by atoms with Crippen molar-refractivity contribution in [3.8, 4) is 0 Å². The van der Waals surface area contributed by atoms with Crippen LogP contribution in [0.3, 0.4) is 0 Å². The molecule has 1 aliphatic heterocycles. The van der Waals surface area contributed by atoms with Crippen LogP contribution in [0.15, 0.2) is 42.5 Å². The zero-order chi connectivity index (χ0) is 17.8. The van der Waals surface area contributed by atoms with Crippen LogP contribution in [0.5, 0.6) is 0 Å². The maximum atomic E-state index is 14.4. The molecule has 1 unspecified atom stereocenters. The molecule has 0 saturated carbocycles. The normalized spacial score (nSPS) is 15.8. The van der Waals surface area contributed by atoms with E-state index < -0.39 is 0 Å².